The normalized spacial score (nSPS) is 13.1. The Balaban J connectivity index is 1.19. The molecule has 0 bridgehead atoms. The molecule has 47 heavy (non-hydrogen) atoms. The van der Waals surface area contributed by atoms with E-state index in [1.54, 1.807) is 0 Å². The van der Waals surface area contributed by atoms with E-state index in [0.29, 0.717) is 0 Å². The lowest BCUT2D eigenvalue weighted by molar-refractivity contribution is 0.660. The molecule has 1 aliphatic rings. The number of H-pyrrole nitrogens is 1. The minimum Gasteiger partial charge on any atom is -0.355 e. The number of anilines is 3. The summed E-state index contributed by atoms with van der Waals surface area (Å²) in [4.78, 5) is 5.98. The maximum atomic E-state index is 3.56. The van der Waals surface area contributed by atoms with Gasteiger partial charge in [0, 0.05) is 44.2 Å². The van der Waals surface area contributed by atoms with E-state index in [2.05, 4.69) is 188 Å². The summed E-state index contributed by atoms with van der Waals surface area (Å²) in [5.41, 5.74) is 15.9. The van der Waals surface area contributed by atoms with E-state index < -0.39 is 0 Å². The second-order valence-electron chi connectivity index (χ2n) is 13.1. The summed E-state index contributed by atoms with van der Waals surface area (Å²) in [6.07, 6.45) is 0. The minimum absolute atomic E-state index is 0.0859. The fourth-order valence-corrected chi connectivity index (χ4v) is 7.62. The van der Waals surface area contributed by atoms with Crippen LogP contribution in [0.25, 0.3) is 55.2 Å². The first-order valence-electron chi connectivity index (χ1n) is 16.4. The van der Waals surface area contributed by atoms with Crippen molar-refractivity contribution < 1.29 is 0 Å². The van der Waals surface area contributed by atoms with Crippen LogP contribution in [0.2, 0.25) is 0 Å². The van der Waals surface area contributed by atoms with Gasteiger partial charge < -0.3 is 9.88 Å². The molecule has 2 heteroatoms. The standard InChI is InChI=1S/C45H34N2/c1-45(2)40-17-9-6-15-36(40)37-26-25-34(29-41(37)45)47(44-19-11-8-14-35(44)31-12-4-3-5-13-31)33-23-20-30(21-24-33)32-22-27-43-39(28-32)38-16-7-10-18-42(38)46-43/h3-29,46H,1-2H3. The first kappa shape index (κ1) is 27.5. The number of benzene rings is 7. The Morgan fingerprint density at radius 2 is 1.06 bits per heavy atom. The number of aromatic amines is 1. The Bertz CT molecular complexity index is 2430. The quantitative estimate of drug-likeness (QED) is 0.208. The van der Waals surface area contributed by atoms with Gasteiger partial charge in [-0.1, -0.05) is 129 Å². The lowest BCUT2D eigenvalue weighted by atomic mass is 9.82. The van der Waals surface area contributed by atoms with Crippen molar-refractivity contribution >= 4 is 38.9 Å². The van der Waals surface area contributed by atoms with E-state index in [1.165, 1.54) is 60.8 Å². The average Bonchev–Trinajstić information content (AvgIpc) is 3.61. The van der Waals surface area contributed by atoms with Gasteiger partial charge in [-0.2, -0.15) is 0 Å². The number of para-hydroxylation sites is 2. The number of fused-ring (bicyclic) bond motifs is 6. The van der Waals surface area contributed by atoms with Crippen molar-refractivity contribution in [1.29, 1.82) is 0 Å². The Kier molecular flexibility index (Phi) is 6.20. The first-order valence-corrected chi connectivity index (χ1v) is 16.4. The van der Waals surface area contributed by atoms with Crippen LogP contribution < -0.4 is 4.90 Å². The van der Waals surface area contributed by atoms with Gasteiger partial charge >= 0.3 is 0 Å². The summed E-state index contributed by atoms with van der Waals surface area (Å²) in [7, 11) is 0. The Labute approximate surface area is 275 Å². The molecule has 224 valence electrons. The van der Waals surface area contributed by atoms with Gasteiger partial charge in [-0.05, 0) is 87.5 Å². The van der Waals surface area contributed by atoms with E-state index in [-0.39, 0.29) is 5.41 Å². The molecule has 2 nitrogen and oxygen atoms in total. The molecule has 8 aromatic rings. The van der Waals surface area contributed by atoms with Crippen molar-refractivity contribution in [2.24, 2.45) is 0 Å². The predicted octanol–water partition coefficient (Wildman–Crippen LogP) is 12.4. The van der Waals surface area contributed by atoms with E-state index in [1.807, 2.05) is 0 Å². The van der Waals surface area contributed by atoms with Crippen molar-refractivity contribution in [3.63, 3.8) is 0 Å². The second-order valence-corrected chi connectivity index (χ2v) is 13.1. The lowest BCUT2D eigenvalue weighted by Gasteiger charge is -2.30. The molecule has 1 aliphatic carbocycles. The van der Waals surface area contributed by atoms with Crippen molar-refractivity contribution in [3.05, 3.63) is 175 Å². The fraction of sp³-hybridized carbons (Fsp3) is 0.0667. The number of rotatable bonds is 5. The molecular weight excluding hydrogens is 569 g/mol. The summed E-state index contributed by atoms with van der Waals surface area (Å²) in [6, 6.07) is 59.7. The molecule has 0 unspecified atom stereocenters. The van der Waals surface area contributed by atoms with Gasteiger partial charge in [0.2, 0.25) is 0 Å². The van der Waals surface area contributed by atoms with Crippen molar-refractivity contribution in [2.75, 3.05) is 4.90 Å². The highest BCUT2D eigenvalue weighted by molar-refractivity contribution is 6.08. The van der Waals surface area contributed by atoms with Gasteiger partial charge in [0.05, 0.1) is 5.69 Å². The smallest absolute Gasteiger partial charge is 0.0540 e. The molecule has 0 radical (unpaired) electrons. The van der Waals surface area contributed by atoms with E-state index >= 15 is 0 Å². The van der Waals surface area contributed by atoms with Gasteiger partial charge in [0.15, 0.2) is 0 Å². The number of aromatic nitrogens is 1. The molecular formula is C45H34N2. The van der Waals surface area contributed by atoms with Crippen molar-refractivity contribution in [3.8, 4) is 33.4 Å². The molecule has 0 fully saturated rings. The third-order valence-electron chi connectivity index (χ3n) is 10.0. The number of hydrogen-bond acceptors (Lipinski definition) is 1. The highest BCUT2D eigenvalue weighted by Gasteiger charge is 2.35. The highest BCUT2D eigenvalue weighted by atomic mass is 15.1. The summed E-state index contributed by atoms with van der Waals surface area (Å²) < 4.78 is 0. The van der Waals surface area contributed by atoms with Gasteiger partial charge in [0.25, 0.3) is 0 Å². The molecule has 1 N–H and O–H groups in total. The Morgan fingerprint density at radius 1 is 0.426 bits per heavy atom. The monoisotopic (exact) mass is 602 g/mol. The zero-order valence-electron chi connectivity index (χ0n) is 26.5. The predicted molar refractivity (Wildman–Crippen MR) is 199 cm³/mol. The highest BCUT2D eigenvalue weighted by Crippen LogP contribution is 2.51. The molecule has 0 saturated carbocycles. The molecule has 1 aromatic heterocycles. The van der Waals surface area contributed by atoms with Crippen LogP contribution >= 0.6 is 0 Å². The summed E-state index contributed by atoms with van der Waals surface area (Å²) in [6.45, 7) is 4.70. The lowest BCUT2D eigenvalue weighted by Crippen LogP contribution is -2.16. The average molecular weight is 603 g/mol. The number of nitrogens with zero attached hydrogens (tertiary/aromatic N) is 1. The largest absolute Gasteiger partial charge is 0.355 e. The van der Waals surface area contributed by atoms with Crippen LogP contribution in [-0.2, 0) is 5.41 Å². The molecule has 0 atom stereocenters. The van der Waals surface area contributed by atoms with Gasteiger partial charge in [-0.15, -0.1) is 0 Å². The number of nitrogens with one attached hydrogen (secondary N) is 1. The first-order chi connectivity index (χ1) is 23.1. The zero-order valence-corrected chi connectivity index (χ0v) is 26.5. The molecule has 0 saturated heterocycles. The molecule has 0 aliphatic heterocycles. The fourth-order valence-electron chi connectivity index (χ4n) is 7.62. The van der Waals surface area contributed by atoms with Crippen LogP contribution in [0, 0.1) is 0 Å². The molecule has 0 amide bonds. The van der Waals surface area contributed by atoms with Crippen LogP contribution in [0.5, 0.6) is 0 Å². The van der Waals surface area contributed by atoms with Crippen LogP contribution in [-0.4, -0.2) is 4.98 Å². The number of hydrogen-bond donors (Lipinski definition) is 1. The van der Waals surface area contributed by atoms with E-state index in [4.69, 9.17) is 0 Å². The van der Waals surface area contributed by atoms with Crippen LogP contribution in [0.1, 0.15) is 25.0 Å². The third-order valence-corrected chi connectivity index (χ3v) is 10.0. The second kappa shape index (κ2) is 10.6. The van der Waals surface area contributed by atoms with Crippen molar-refractivity contribution in [1.82, 2.24) is 4.98 Å². The van der Waals surface area contributed by atoms with Crippen LogP contribution in [0.3, 0.4) is 0 Å². The minimum atomic E-state index is -0.0859. The molecule has 0 spiro atoms. The van der Waals surface area contributed by atoms with E-state index in [0.717, 1.165) is 22.6 Å². The summed E-state index contributed by atoms with van der Waals surface area (Å²) >= 11 is 0. The SMILES string of the molecule is CC1(C)c2ccccc2-c2ccc(N(c3ccc(-c4ccc5[nH]c6ccccc6c5c4)cc3)c3ccccc3-c3ccccc3)cc21. The molecule has 1 heterocycles. The topological polar surface area (TPSA) is 19.0 Å². The van der Waals surface area contributed by atoms with Crippen LogP contribution in [0.4, 0.5) is 17.1 Å². The van der Waals surface area contributed by atoms with Gasteiger partial charge in [-0.3, -0.25) is 0 Å². The molecule has 7 aromatic carbocycles. The molecule has 9 rings (SSSR count). The maximum absolute atomic E-state index is 3.56. The summed E-state index contributed by atoms with van der Waals surface area (Å²) in [5.74, 6) is 0. The third kappa shape index (κ3) is 4.40. The maximum Gasteiger partial charge on any atom is 0.0540 e. The van der Waals surface area contributed by atoms with Gasteiger partial charge in [0.1, 0.15) is 0 Å². The van der Waals surface area contributed by atoms with E-state index in [9.17, 15) is 0 Å². The Hall–Kier alpha value is -5.86. The zero-order chi connectivity index (χ0) is 31.5. The summed E-state index contributed by atoms with van der Waals surface area (Å²) in [5, 5.41) is 2.51. The Morgan fingerprint density at radius 3 is 1.91 bits per heavy atom. The van der Waals surface area contributed by atoms with Crippen molar-refractivity contribution in [2.45, 2.75) is 19.3 Å². The van der Waals surface area contributed by atoms with Crippen LogP contribution in [0.15, 0.2) is 164 Å². The van der Waals surface area contributed by atoms with Gasteiger partial charge in [-0.25, -0.2) is 0 Å².